The molecule has 1 unspecified atom stereocenters. The second-order valence-electron chi connectivity index (χ2n) is 6.02. The maximum absolute atomic E-state index is 12.1. The van der Waals surface area contributed by atoms with E-state index in [9.17, 15) is 4.79 Å². The minimum atomic E-state index is -0.0895. The molecule has 1 aliphatic rings. The summed E-state index contributed by atoms with van der Waals surface area (Å²) in [6, 6.07) is 5.94. The molecular weight excluding hydrogens is 320 g/mol. The van der Waals surface area contributed by atoms with Crippen LogP contribution in [0.15, 0.2) is 24.3 Å². The average molecular weight is 348 g/mol. The van der Waals surface area contributed by atoms with Crippen LogP contribution in [-0.4, -0.2) is 64.4 Å². The molecule has 1 aliphatic heterocycles. The van der Waals surface area contributed by atoms with Gasteiger partial charge in [-0.05, 0) is 43.2 Å². The molecule has 138 valence electrons. The monoisotopic (exact) mass is 348 g/mol. The van der Waals surface area contributed by atoms with Gasteiger partial charge in [-0.25, -0.2) is 0 Å². The maximum atomic E-state index is 12.1. The molecular formula is C19H28N2O4. The minimum absolute atomic E-state index is 0.0895. The summed E-state index contributed by atoms with van der Waals surface area (Å²) in [5.41, 5.74) is 0.885. The highest BCUT2D eigenvalue weighted by Crippen LogP contribution is 2.27. The van der Waals surface area contributed by atoms with E-state index in [0.29, 0.717) is 24.1 Å². The Hall–Kier alpha value is -2.05. The van der Waals surface area contributed by atoms with Crippen molar-refractivity contribution in [3.63, 3.8) is 0 Å². The number of ether oxygens (including phenoxy) is 3. The number of methoxy groups -OCH3 is 3. The van der Waals surface area contributed by atoms with Gasteiger partial charge in [0, 0.05) is 32.3 Å². The van der Waals surface area contributed by atoms with Crippen molar-refractivity contribution >= 4 is 12.0 Å². The van der Waals surface area contributed by atoms with Gasteiger partial charge in [-0.2, -0.15) is 0 Å². The normalized spacial score (nSPS) is 17.8. The smallest absolute Gasteiger partial charge is 0.244 e. The number of hydrogen-bond acceptors (Lipinski definition) is 5. The summed E-state index contributed by atoms with van der Waals surface area (Å²) in [5, 5.41) is 2.99. The van der Waals surface area contributed by atoms with Crippen LogP contribution in [0.4, 0.5) is 0 Å². The number of rotatable bonds is 9. The molecule has 1 amide bonds. The molecule has 1 atom stereocenters. The van der Waals surface area contributed by atoms with Crippen molar-refractivity contribution in [1.29, 1.82) is 0 Å². The van der Waals surface area contributed by atoms with Crippen molar-refractivity contribution in [3.05, 3.63) is 29.8 Å². The molecule has 25 heavy (non-hydrogen) atoms. The molecule has 0 aliphatic carbocycles. The Morgan fingerprint density at radius 3 is 2.80 bits per heavy atom. The first-order valence-corrected chi connectivity index (χ1v) is 8.59. The predicted molar refractivity (Wildman–Crippen MR) is 98.1 cm³/mol. The Morgan fingerprint density at radius 1 is 1.28 bits per heavy atom. The largest absolute Gasteiger partial charge is 0.493 e. The van der Waals surface area contributed by atoms with Gasteiger partial charge >= 0.3 is 0 Å². The summed E-state index contributed by atoms with van der Waals surface area (Å²) in [6.45, 7) is 3.38. The third kappa shape index (κ3) is 5.76. The first-order chi connectivity index (χ1) is 12.2. The van der Waals surface area contributed by atoms with E-state index < -0.39 is 0 Å². The van der Waals surface area contributed by atoms with Crippen LogP contribution in [0.5, 0.6) is 11.5 Å². The highest BCUT2D eigenvalue weighted by atomic mass is 16.5. The van der Waals surface area contributed by atoms with Gasteiger partial charge in [-0.15, -0.1) is 0 Å². The van der Waals surface area contributed by atoms with Crippen molar-refractivity contribution in [2.75, 3.05) is 47.6 Å². The lowest BCUT2D eigenvalue weighted by molar-refractivity contribution is -0.116. The lowest BCUT2D eigenvalue weighted by atomic mass is 10.2. The molecule has 0 saturated carbocycles. The molecule has 1 saturated heterocycles. The van der Waals surface area contributed by atoms with Crippen molar-refractivity contribution < 1.29 is 19.0 Å². The molecule has 2 rings (SSSR count). The fourth-order valence-electron chi connectivity index (χ4n) is 3.03. The first-order valence-electron chi connectivity index (χ1n) is 8.59. The van der Waals surface area contributed by atoms with E-state index in [4.69, 9.17) is 14.2 Å². The van der Waals surface area contributed by atoms with E-state index in [1.807, 2.05) is 18.2 Å². The second-order valence-corrected chi connectivity index (χ2v) is 6.02. The van der Waals surface area contributed by atoms with E-state index in [-0.39, 0.29) is 5.91 Å². The van der Waals surface area contributed by atoms with Gasteiger partial charge in [-0.1, -0.05) is 6.07 Å². The number of likely N-dealkylation sites (tertiary alicyclic amines) is 1. The summed E-state index contributed by atoms with van der Waals surface area (Å²) < 4.78 is 15.6. The van der Waals surface area contributed by atoms with Gasteiger partial charge < -0.3 is 19.5 Å². The molecule has 1 N–H and O–H groups in total. The van der Waals surface area contributed by atoms with E-state index >= 15 is 0 Å². The van der Waals surface area contributed by atoms with Crippen LogP contribution in [-0.2, 0) is 9.53 Å². The van der Waals surface area contributed by atoms with Crippen LogP contribution in [0, 0.1) is 0 Å². The van der Waals surface area contributed by atoms with Crippen LogP contribution in [0.3, 0.4) is 0 Å². The van der Waals surface area contributed by atoms with Crippen molar-refractivity contribution in [2.45, 2.75) is 18.9 Å². The number of nitrogens with one attached hydrogen (secondary N) is 1. The van der Waals surface area contributed by atoms with Gasteiger partial charge in [0.05, 0.1) is 20.8 Å². The number of benzene rings is 1. The van der Waals surface area contributed by atoms with Gasteiger partial charge in [0.15, 0.2) is 11.5 Å². The summed E-state index contributed by atoms with van der Waals surface area (Å²) in [5.74, 6) is 1.22. The van der Waals surface area contributed by atoms with Crippen molar-refractivity contribution in [3.8, 4) is 11.5 Å². The van der Waals surface area contributed by atoms with Crippen LogP contribution < -0.4 is 14.8 Å². The quantitative estimate of drug-likeness (QED) is 0.691. The molecule has 6 nitrogen and oxygen atoms in total. The fraction of sp³-hybridized carbons (Fsp3) is 0.526. The van der Waals surface area contributed by atoms with E-state index in [2.05, 4.69) is 10.2 Å². The number of carbonyl (C=O) groups excluding carboxylic acids is 1. The third-order valence-corrected chi connectivity index (χ3v) is 4.43. The van der Waals surface area contributed by atoms with Gasteiger partial charge in [0.2, 0.25) is 5.91 Å². The van der Waals surface area contributed by atoms with Crippen LogP contribution in [0.2, 0.25) is 0 Å². The van der Waals surface area contributed by atoms with Gasteiger partial charge in [-0.3, -0.25) is 9.69 Å². The zero-order valence-electron chi connectivity index (χ0n) is 15.3. The van der Waals surface area contributed by atoms with Crippen LogP contribution in [0.25, 0.3) is 6.08 Å². The van der Waals surface area contributed by atoms with E-state index in [1.54, 1.807) is 33.5 Å². The lowest BCUT2D eigenvalue weighted by Gasteiger charge is -2.24. The highest BCUT2D eigenvalue weighted by Gasteiger charge is 2.23. The van der Waals surface area contributed by atoms with E-state index in [1.165, 1.54) is 6.42 Å². The molecule has 1 fully saturated rings. The number of amides is 1. The highest BCUT2D eigenvalue weighted by molar-refractivity contribution is 5.91. The number of nitrogens with zero attached hydrogens (tertiary/aromatic N) is 1. The topological polar surface area (TPSA) is 60.0 Å². The fourth-order valence-corrected chi connectivity index (χ4v) is 3.03. The molecule has 1 heterocycles. The molecule has 0 bridgehead atoms. The Bertz CT molecular complexity index is 589. The Kier molecular flexibility index (Phi) is 7.76. The van der Waals surface area contributed by atoms with Crippen LogP contribution in [0.1, 0.15) is 18.4 Å². The second kappa shape index (κ2) is 10.1. The zero-order chi connectivity index (χ0) is 18.1. The molecule has 1 aromatic rings. The SMILES string of the molecule is COCCN1CCCC1CNC(=O)/C=C/c1ccc(OC)c(OC)c1. The molecule has 0 spiro atoms. The Labute approximate surface area is 149 Å². The molecule has 0 radical (unpaired) electrons. The molecule has 0 aromatic heterocycles. The van der Waals surface area contributed by atoms with E-state index in [0.717, 1.165) is 31.7 Å². The first kappa shape index (κ1) is 19.3. The number of carbonyl (C=O) groups is 1. The predicted octanol–water partition coefficient (Wildman–Crippen LogP) is 1.94. The lowest BCUT2D eigenvalue weighted by Crippen LogP contribution is -2.41. The molecule has 1 aromatic carbocycles. The molecule has 6 heteroatoms. The van der Waals surface area contributed by atoms with Crippen molar-refractivity contribution in [2.24, 2.45) is 0 Å². The zero-order valence-corrected chi connectivity index (χ0v) is 15.3. The maximum Gasteiger partial charge on any atom is 0.244 e. The van der Waals surface area contributed by atoms with Gasteiger partial charge in [0.25, 0.3) is 0 Å². The minimum Gasteiger partial charge on any atom is -0.493 e. The Balaban J connectivity index is 1.84. The number of hydrogen-bond donors (Lipinski definition) is 1. The third-order valence-electron chi connectivity index (χ3n) is 4.43. The Morgan fingerprint density at radius 2 is 2.08 bits per heavy atom. The summed E-state index contributed by atoms with van der Waals surface area (Å²) in [6.07, 6.45) is 5.61. The standard InChI is InChI=1S/C19H28N2O4/c1-23-12-11-21-10-4-5-16(21)14-20-19(22)9-7-15-6-8-17(24-2)18(13-15)25-3/h6-9,13,16H,4-5,10-12,14H2,1-3H3,(H,20,22)/b9-7+. The van der Waals surface area contributed by atoms with Gasteiger partial charge in [0.1, 0.15) is 0 Å². The summed E-state index contributed by atoms with van der Waals surface area (Å²) >= 11 is 0. The van der Waals surface area contributed by atoms with Crippen molar-refractivity contribution in [1.82, 2.24) is 10.2 Å². The summed E-state index contributed by atoms with van der Waals surface area (Å²) in [7, 11) is 4.90. The average Bonchev–Trinajstić information content (AvgIpc) is 3.09. The summed E-state index contributed by atoms with van der Waals surface area (Å²) in [4.78, 5) is 14.5. The van der Waals surface area contributed by atoms with Crippen LogP contribution >= 0.6 is 0 Å².